The quantitative estimate of drug-likeness (QED) is 0.652. The predicted octanol–water partition coefficient (Wildman–Crippen LogP) is 2.76. The molecule has 2 bridgehead atoms. The minimum absolute atomic E-state index is 0.845. The van der Waals surface area contributed by atoms with Gasteiger partial charge in [0.05, 0.1) is 0 Å². The van der Waals surface area contributed by atoms with Gasteiger partial charge in [-0.1, -0.05) is 13.8 Å². The molecule has 0 radical (unpaired) electrons. The van der Waals surface area contributed by atoms with Crippen LogP contribution in [-0.2, 0) is 0 Å². The second-order valence-corrected chi connectivity index (χ2v) is 6.52. The highest BCUT2D eigenvalue weighted by Gasteiger charge is 2.61. The van der Waals surface area contributed by atoms with E-state index in [1.54, 1.807) is 19.3 Å². The molecule has 0 unspecified atom stereocenters. The van der Waals surface area contributed by atoms with Crippen molar-refractivity contribution in [2.75, 3.05) is 13.6 Å². The van der Waals surface area contributed by atoms with Crippen molar-refractivity contribution in [1.82, 2.24) is 4.90 Å². The summed E-state index contributed by atoms with van der Waals surface area (Å²) >= 11 is 0. The highest BCUT2D eigenvalue weighted by atomic mass is 15.2. The first-order chi connectivity index (χ1) is 6.61. The first kappa shape index (κ1) is 9.21. The van der Waals surface area contributed by atoms with Crippen LogP contribution in [0.2, 0.25) is 0 Å². The van der Waals surface area contributed by atoms with Gasteiger partial charge in [-0.15, -0.1) is 0 Å². The smallest absolute Gasteiger partial charge is 0.0119 e. The molecular weight excluding hydrogens is 170 g/mol. The maximum absolute atomic E-state index is 2.62. The average molecular weight is 193 g/mol. The molecule has 4 fully saturated rings. The van der Waals surface area contributed by atoms with Crippen LogP contribution in [0.25, 0.3) is 0 Å². The van der Waals surface area contributed by atoms with Gasteiger partial charge in [0, 0.05) is 12.6 Å². The molecule has 0 N–H and O–H groups in total. The molecule has 1 aliphatic heterocycles. The van der Waals surface area contributed by atoms with Crippen LogP contribution >= 0.6 is 0 Å². The van der Waals surface area contributed by atoms with Crippen molar-refractivity contribution >= 4 is 0 Å². The van der Waals surface area contributed by atoms with Gasteiger partial charge in [-0.25, -0.2) is 0 Å². The molecule has 3 aliphatic carbocycles. The minimum atomic E-state index is 0.845. The summed E-state index contributed by atoms with van der Waals surface area (Å²) in [6.07, 6.45) is 6.23. The third-order valence-corrected chi connectivity index (χ3v) is 5.32. The Hall–Kier alpha value is -0.0400. The second-order valence-electron chi connectivity index (χ2n) is 6.52. The van der Waals surface area contributed by atoms with Crippen LogP contribution in [0.4, 0.5) is 0 Å². The molecule has 1 heterocycles. The van der Waals surface area contributed by atoms with Gasteiger partial charge in [-0.3, -0.25) is 0 Å². The van der Waals surface area contributed by atoms with E-state index in [0.717, 1.165) is 29.2 Å². The van der Waals surface area contributed by atoms with Crippen molar-refractivity contribution in [3.63, 3.8) is 0 Å². The first-order valence-corrected chi connectivity index (χ1v) is 6.31. The maximum Gasteiger partial charge on any atom is 0.0119 e. The van der Waals surface area contributed by atoms with Crippen LogP contribution in [0.5, 0.6) is 0 Å². The zero-order valence-electron chi connectivity index (χ0n) is 9.79. The van der Waals surface area contributed by atoms with E-state index in [0.29, 0.717) is 0 Å². The van der Waals surface area contributed by atoms with Gasteiger partial charge in [0.1, 0.15) is 0 Å². The Balaban J connectivity index is 1.68. The summed E-state index contributed by atoms with van der Waals surface area (Å²) in [6, 6.07) is 0.869. The van der Waals surface area contributed by atoms with E-state index >= 15 is 0 Å². The predicted molar refractivity (Wildman–Crippen MR) is 59.1 cm³/mol. The van der Waals surface area contributed by atoms with Gasteiger partial charge in [0.15, 0.2) is 0 Å². The zero-order chi connectivity index (χ0) is 9.92. The van der Waals surface area contributed by atoms with Crippen molar-refractivity contribution in [1.29, 1.82) is 0 Å². The third-order valence-electron chi connectivity index (χ3n) is 5.32. The minimum Gasteiger partial charge on any atom is -0.303 e. The lowest BCUT2D eigenvalue weighted by molar-refractivity contribution is -0.147. The summed E-state index contributed by atoms with van der Waals surface area (Å²) in [5.74, 6) is 3.04. The molecule has 2 atom stereocenters. The van der Waals surface area contributed by atoms with Gasteiger partial charge in [-0.2, -0.15) is 0 Å². The topological polar surface area (TPSA) is 3.24 Å². The van der Waals surface area contributed by atoms with Crippen LogP contribution in [-0.4, -0.2) is 24.5 Å². The van der Waals surface area contributed by atoms with Crippen LogP contribution in [0, 0.1) is 23.2 Å². The number of likely N-dealkylation sites (tertiary alicyclic amines) is 1. The molecule has 0 aromatic rings. The fourth-order valence-electron chi connectivity index (χ4n) is 4.30. The van der Waals surface area contributed by atoms with E-state index in [4.69, 9.17) is 0 Å². The lowest BCUT2D eigenvalue weighted by atomic mass is 9.40. The molecule has 0 spiro atoms. The lowest BCUT2D eigenvalue weighted by Crippen LogP contribution is -2.56. The SMILES string of the molecule is CC(C)[C@@H]1C[C@@H](C23CC(C2)C3)CN1C. The van der Waals surface area contributed by atoms with Gasteiger partial charge in [0.25, 0.3) is 0 Å². The van der Waals surface area contributed by atoms with E-state index in [9.17, 15) is 0 Å². The van der Waals surface area contributed by atoms with Gasteiger partial charge in [0.2, 0.25) is 0 Å². The molecule has 0 aromatic heterocycles. The Bertz CT molecular complexity index is 229. The number of nitrogens with zero attached hydrogens (tertiary/aromatic N) is 1. The second kappa shape index (κ2) is 2.75. The van der Waals surface area contributed by atoms with Crippen molar-refractivity contribution in [2.45, 2.75) is 45.6 Å². The number of hydrogen-bond acceptors (Lipinski definition) is 1. The zero-order valence-corrected chi connectivity index (χ0v) is 9.79. The van der Waals surface area contributed by atoms with E-state index < -0.39 is 0 Å². The number of rotatable bonds is 2. The Morgan fingerprint density at radius 3 is 2.21 bits per heavy atom. The van der Waals surface area contributed by atoms with Crippen LogP contribution < -0.4 is 0 Å². The van der Waals surface area contributed by atoms with Crippen molar-refractivity contribution < 1.29 is 0 Å². The van der Waals surface area contributed by atoms with E-state index in [1.807, 2.05) is 0 Å². The molecule has 1 saturated heterocycles. The van der Waals surface area contributed by atoms with Gasteiger partial charge >= 0.3 is 0 Å². The van der Waals surface area contributed by atoms with E-state index in [-0.39, 0.29) is 0 Å². The largest absolute Gasteiger partial charge is 0.303 e. The van der Waals surface area contributed by atoms with Crippen LogP contribution in [0.15, 0.2) is 0 Å². The summed E-state index contributed by atoms with van der Waals surface area (Å²) in [5, 5.41) is 0. The van der Waals surface area contributed by atoms with Crippen molar-refractivity contribution in [2.24, 2.45) is 23.2 Å². The molecule has 0 amide bonds. The average Bonchev–Trinajstić information content (AvgIpc) is 2.24. The summed E-state index contributed by atoms with van der Waals surface area (Å²) in [6.45, 7) is 6.15. The van der Waals surface area contributed by atoms with Crippen LogP contribution in [0.3, 0.4) is 0 Å². The van der Waals surface area contributed by atoms with Gasteiger partial charge < -0.3 is 4.90 Å². The Morgan fingerprint density at radius 2 is 1.86 bits per heavy atom. The van der Waals surface area contributed by atoms with Crippen molar-refractivity contribution in [3.05, 3.63) is 0 Å². The molecule has 80 valence electrons. The Morgan fingerprint density at radius 1 is 1.21 bits per heavy atom. The lowest BCUT2D eigenvalue weighted by Gasteiger charge is -2.65. The summed E-state index contributed by atoms with van der Waals surface area (Å²) in [7, 11) is 2.33. The van der Waals surface area contributed by atoms with Crippen LogP contribution in [0.1, 0.15) is 39.5 Å². The summed E-state index contributed by atoms with van der Waals surface area (Å²) in [4.78, 5) is 2.62. The highest BCUT2D eigenvalue weighted by Crippen LogP contribution is 2.69. The fourth-order valence-corrected chi connectivity index (χ4v) is 4.30. The normalized spacial score (nSPS) is 51.9. The monoisotopic (exact) mass is 193 g/mol. The summed E-state index contributed by atoms with van der Waals surface area (Å²) in [5.41, 5.74) is 0.850. The van der Waals surface area contributed by atoms with E-state index in [1.165, 1.54) is 13.0 Å². The molecule has 1 heteroatoms. The molecule has 0 aromatic carbocycles. The maximum atomic E-state index is 2.62. The molecule has 1 nitrogen and oxygen atoms in total. The Kier molecular flexibility index (Phi) is 1.81. The third kappa shape index (κ3) is 1.05. The van der Waals surface area contributed by atoms with E-state index in [2.05, 4.69) is 25.8 Å². The highest BCUT2D eigenvalue weighted by molar-refractivity contribution is 5.12. The van der Waals surface area contributed by atoms with Crippen molar-refractivity contribution in [3.8, 4) is 0 Å². The standard InChI is InChI=1S/C13H23N/c1-9(2)12-4-11(8-14(12)3)13-5-10(6-13)7-13/h9-12H,4-8H2,1-3H3/t10?,11-,12+,13?/m1/s1. The first-order valence-electron chi connectivity index (χ1n) is 6.31. The molecular formula is C13H23N. The fraction of sp³-hybridized carbons (Fsp3) is 1.00. The Labute approximate surface area is 87.9 Å². The van der Waals surface area contributed by atoms with Gasteiger partial charge in [-0.05, 0) is 55.9 Å². The molecule has 3 saturated carbocycles. The molecule has 4 aliphatic rings. The molecule has 4 rings (SSSR count). The summed E-state index contributed by atoms with van der Waals surface area (Å²) < 4.78 is 0. The number of hydrogen-bond donors (Lipinski definition) is 0. The molecule has 14 heavy (non-hydrogen) atoms.